The number of phenolic OH excluding ortho intramolecular Hbond substituents is 2. The van der Waals surface area contributed by atoms with Crippen LogP contribution in [0.5, 0.6) is 11.5 Å². The summed E-state index contributed by atoms with van der Waals surface area (Å²) in [7, 11) is 0. The van der Waals surface area contributed by atoms with Gasteiger partial charge in [-0.2, -0.15) is 0 Å². The Morgan fingerprint density at radius 3 is 1.45 bits per heavy atom. The Bertz CT molecular complexity index is 1370. The van der Waals surface area contributed by atoms with E-state index in [2.05, 4.69) is 38.1 Å². The van der Waals surface area contributed by atoms with Crippen molar-refractivity contribution in [1.29, 1.82) is 0 Å². The summed E-state index contributed by atoms with van der Waals surface area (Å²) in [6.45, 7) is 8.22. The van der Waals surface area contributed by atoms with Gasteiger partial charge in [-0.05, 0) is 96.8 Å². The Morgan fingerprint density at radius 1 is 0.632 bits per heavy atom. The molecule has 0 atom stereocenters. The Morgan fingerprint density at radius 2 is 1.05 bits per heavy atom. The van der Waals surface area contributed by atoms with E-state index < -0.39 is 0 Å². The molecule has 0 heterocycles. The van der Waals surface area contributed by atoms with Gasteiger partial charge < -0.3 is 10.2 Å². The van der Waals surface area contributed by atoms with Crippen molar-refractivity contribution in [2.24, 2.45) is 9.98 Å². The van der Waals surface area contributed by atoms with Gasteiger partial charge in [0.2, 0.25) is 0 Å². The predicted molar refractivity (Wildman–Crippen MR) is 161 cm³/mol. The van der Waals surface area contributed by atoms with E-state index in [0.29, 0.717) is 22.5 Å². The van der Waals surface area contributed by atoms with Gasteiger partial charge in [0, 0.05) is 23.6 Å². The molecule has 0 fully saturated rings. The molecule has 4 heteroatoms. The molecule has 4 aromatic carbocycles. The predicted octanol–water partition coefficient (Wildman–Crippen LogP) is 9.05. The first-order valence-corrected chi connectivity index (χ1v) is 13.7. The zero-order valence-electron chi connectivity index (χ0n) is 23.0. The van der Waals surface area contributed by atoms with Gasteiger partial charge in [0.05, 0.1) is 11.4 Å². The van der Waals surface area contributed by atoms with Crippen molar-refractivity contribution in [2.45, 2.75) is 66.2 Å². The standard InChI is InChI=1S/C34H38N2O2/c1-5-7-11-25-15-23(3)33(37)29(17-25)21-35-31-19-27-13-9-10-14-28(27)20-32(31)36-22-30-18-26(12-8-6-2)16-24(4)34(30)38/h9-10,13-22,37-38H,5-8,11-12H2,1-4H3. The molecule has 0 aliphatic carbocycles. The van der Waals surface area contributed by atoms with Crippen LogP contribution in [0.2, 0.25) is 0 Å². The van der Waals surface area contributed by atoms with Crippen LogP contribution in [0.15, 0.2) is 70.6 Å². The van der Waals surface area contributed by atoms with Gasteiger partial charge >= 0.3 is 0 Å². The van der Waals surface area contributed by atoms with Crippen molar-refractivity contribution in [3.63, 3.8) is 0 Å². The molecule has 0 saturated carbocycles. The van der Waals surface area contributed by atoms with E-state index in [1.54, 1.807) is 12.4 Å². The molecular weight excluding hydrogens is 468 g/mol. The lowest BCUT2D eigenvalue weighted by molar-refractivity contribution is 0.469. The Hall–Kier alpha value is -3.92. The van der Waals surface area contributed by atoms with Gasteiger partial charge in [-0.3, -0.25) is 9.98 Å². The second-order valence-corrected chi connectivity index (χ2v) is 10.1. The highest BCUT2D eigenvalue weighted by Crippen LogP contribution is 2.34. The number of hydrogen-bond donors (Lipinski definition) is 2. The lowest BCUT2D eigenvalue weighted by atomic mass is 10.0. The van der Waals surface area contributed by atoms with Crippen molar-refractivity contribution in [1.82, 2.24) is 0 Å². The third-order valence-corrected chi connectivity index (χ3v) is 6.95. The fourth-order valence-electron chi connectivity index (χ4n) is 4.72. The lowest BCUT2D eigenvalue weighted by Crippen LogP contribution is -1.93. The second kappa shape index (κ2) is 12.6. The molecule has 4 nitrogen and oxygen atoms in total. The van der Waals surface area contributed by atoms with Crippen LogP contribution in [0.1, 0.15) is 72.9 Å². The maximum atomic E-state index is 10.7. The zero-order chi connectivity index (χ0) is 27.1. The van der Waals surface area contributed by atoms with Crippen LogP contribution >= 0.6 is 0 Å². The van der Waals surface area contributed by atoms with Crippen molar-refractivity contribution >= 4 is 34.6 Å². The van der Waals surface area contributed by atoms with Crippen molar-refractivity contribution in [3.8, 4) is 11.5 Å². The third-order valence-electron chi connectivity index (χ3n) is 6.95. The van der Waals surface area contributed by atoms with Crippen LogP contribution in [0, 0.1) is 13.8 Å². The van der Waals surface area contributed by atoms with Crippen LogP contribution in [0.3, 0.4) is 0 Å². The van der Waals surface area contributed by atoms with Crippen LogP contribution in [0.25, 0.3) is 10.8 Å². The van der Waals surface area contributed by atoms with Gasteiger partial charge in [-0.15, -0.1) is 0 Å². The molecule has 4 rings (SSSR count). The van der Waals surface area contributed by atoms with E-state index in [4.69, 9.17) is 9.98 Å². The molecule has 0 unspecified atom stereocenters. The molecule has 196 valence electrons. The molecule has 0 radical (unpaired) electrons. The molecule has 0 aliphatic rings. The number of rotatable bonds is 10. The van der Waals surface area contributed by atoms with Crippen molar-refractivity contribution in [3.05, 3.63) is 94.0 Å². The largest absolute Gasteiger partial charge is 0.507 e. The fraction of sp³-hybridized carbons (Fsp3) is 0.294. The van der Waals surface area contributed by atoms with E-state index >= 15 is 0 Å². The Labute approximate surface area is 226 Å². The number of phenols is 2. The summed E-state index contributed by atoms with van der Waals surface area (Å²) in [5.74, 6) is 0.508. The number of aliphatic imine (C=N–C) groups is 2. The Kier molecular flexibility index (Phi) is 8.96. The quantitative estimate of drug-likeness (QED) is 0.211. The van der Waals surface area contributed by atoms with Crippen LogP contribution in [-0.2, 0) is 12.8 Å². The summed E-state index contributed by atoms with van der Waals surface area (Å²) in [5.41, 5.74) is 6.93. The number of nitrogens with zero attached hydrogens (tertiary/aromatic N) is 2. The van der Waals surface area contributed by atoms with Crippen LogP contribution < -0.4 is 0 Å². The highest BCUT2D eigenvalue weighted by molar-refractivity contribution is 5.96. The van der Waals surface area contributed by atoms with E-state index in [-0.39, 0.29) is 11.5 Å². The molecule has 0 saturated heterocycles. The molecule has 0 amide bonds. The minimum atomic E-state index is 0.254. The summed E-state index contributed by atoms with van der Waals surface area (Å²) in [6.07, 6.45) is 9.87. The second-order valence-electron chi connectivity index (χ2n) is 10.1. The monoisotopic (exact) mass is 506 g/mol. The smallest absolute Gasteiger partial charge is 0.127 e. The summed E-state index contributed by atoms with van der Waals surface area (Å²) in [6, 6.07) is 20.3. The van der Waals surface area contributed by atoms with E-state index in [1.807, 2.05) is 50.2 Å². The molecule has 4 aromatic rings. The topological polar surface area (TPSA) is 65.2 Å². The maximum Gasteiger partial charge on any atom is 0.127 e. The highest BCUT2D eigenvalue weighted by atomic mass is 16.3. The normalized spacial score (nSPS) is 11.8. The third kappa shape index (κ3) is 6.49. The van der Waals surface area contributed by atoms with Crippen molar-refractivity contribution < 1.29 is 10.2 Å². The minimum Gasteiger partial charge on any atom is -0.507 e. The van der Waals surface area contributed by atoms with E-state index in [1.165, 1.54) is 11.1 Å². The number of hydrogen-bond acceptors (Lipinski definition) is 4. The van der Waals surface area contributed by atoms with Gasteiger partial charge in [0.15, 0.2) is 0 Å². The number of benzene rings is 4. The summed E-state index contributed by atoms with van der Waals surface area (Å²) in [4.78, 5) is 9.60. The Balaban J connectivity index is 1.75. The molecule has 0 spiro atoms. The molecule has 2 N–H and O–H groups in total. The van der Waals surface area contributed by atoms with Gasteiger partial charge in [-0.1, -0.05) is 63.1 Å². The molecular formula is C34H38N2O2. The van der Waals surface area contributed by atoms with Gasteiger partial charge in [-0.25, -0.2) is 0 Å². The molecule has 0 aliphatic heterocycles. The average molecular weight is 507 g/mol. The number of fused-ring (bicyclic) bond motifs is 1. The molecule has 0 bridgehead atoms. The van der Waals surface area contributed by atoms with Crippen molar-refractivity contribution in [2.75, 3.05) is 0 Å². The molecule has 38 heavy (non-hydrogen) atoms. The summed E-state index contributed by atoms with van der Waals surface area (Å²) in [5, 5.41) is 23.6. The number of unbranched alkanes of at least 4 members (excludes halogenated alkanes) is 2. The fourth-order valence-corrected chi connectivity index (χ4v) is 4.72. The first-order valence-electron chi connectivity index (χ1n) is 13.7. The first-order chi connectivity index (χ1) is 18.4. The zero-order valence-corrected chi connectivity index (χ0v) is 23.0. The maximum absolute atomic E-state index is 10.7. The van der Waals surface area contributed by atoms with Crippen LogP contribution in [0.4, 0.5) is 11.4 Å². The summed E-state index contributed by atoms with van der Waals surface area (Å²) >= 11 is 0. The average Bonchev–Trinajstić information content (AvgIpc) is 2.92. The molecule has 0 aromatic heterocycles. The minimum absolute atomic E-state index is 0.254. The lowest BCUT2D eigenvalue weighted by Gasteiger charge is -2.09. The first kappa shape index (κ1) is 27.1. The van der Waals surface area contributed by atoms with E-state index in [0.717, 1.165) is 60.4 Å². The van der Waals surface area contributed by atoms with E-state index in [9.17, 15) is 10.2 Å². The summed E-state index contributed by atoms with van der Waals surface area (Å²) < 4.78 is 0. The highest BCUT2D eigenvalue weighted by Gasteiger charge is 2.09. The van der Waals surface area contributed by atoms with Gasteiger partial charge in [0.1, 0.15) is 11.5 Å². The number of aryl methyl sites for hydroxylation is 4. The SMILES string of the molecule is CCCCc1cc(C)c(O)c(C=Nc2cc3ccccc3cc2N=Cc2cc(CCCC)cc(C)c2O)c1. The van der Waals surface area contributed by atoms with Crippen LogP contribution in [-0.4, -0.2) is 22.6 Å². The number of aromatic hydroxyl groups is 2. The van der Waals surface area contributed by atoms with Gasteiger partial charge in [0.25, 0.3) is 0 Å².